The molecular weight excluding hydrogens is 216 g/mol. The topological polar surface area (TPSA) is 71.2 Å². The van der Waals surface area contributed by atoms with Gasteiger partial charge in [-0.1, -0.05) is 6.92 Å². The predicted molar refractivity (Wildman–Crippen MR) is 66.4 cm³/mol. The average molecular weight is 234 g/mol. The average Bonchev–Trinajstić information content (AvgIpc) is 2.86. The van der Waals surface area contributed by atoms with Crippen molar-refractivity contribution >= 4 is 11.6 Å². The van der Waals surface area contributed by atoms with Crippen LogP contribution in [0.25, 0.3) is 0 Å². The fourth-order valence-electron chi connectivity index (χ4n) is 2.28. The summed E-state index contributed by atoms with van der Waals surface area (Å²) in [7, 11) is 0. The number of aromatic nitrogens is 1. The number of carbonyl (C=O) groups is 1. The van der Waals surface area contributed by atoms with Crippen LogP contribution in [-0.4, -0.2) is 28.4 Å². The Morgan fingerprint density at radius 2 is 2.47 bits per heavy atom. The summed E-state index contributed by atoms with van der Waals surface area (Å²) in [6, 6.07) is 3.84. The molecule has 1 aromatic heterocycles. The number of anilines is 1. The maximum absolute atomic E-state index is 12.2. The molecule has 1 aromatic rings. The highest BCUT2D eigenvalue weighted by Gasteiger charge is 2.28. The van der Waals surface area contributed by atoms with Crippen LogP contribution in [-0.2, 0) is 0 Å². The zero-order chi connectivity index (χ0) is 12.3. The van der Waals surface area contributed by atoms with Gasteiger partial charge in [0.25, 0.3) is 5.91 Å². The van der Waals surface area contributed by atoms with Gasteiger partial charge in [-0.25, -0.2) is 4.98 Å². The van der Waals surface area contributed by atoms with Gasteiger partial charge in [-0.3, -0.25) is 10.6 Å². The molecule has 1 aliphatic rings. The fourth-order valence-corrected chi connectivity index (χ4v) is 2.28. The zero-order valence-electron chi connectivity index (χ0n) is 10.0. The standard InChI is InChI=1S/C12H18N4O/c1-2-10-4-3-7-16(10)12(17)11-6-5-9(15-13)8-14-11/h5-6,8,10,15H,2-4,7,13H2,1H3. The first-order valence-corrected chi connectivity index (χ1v) is 6.00. The highest BCUT2D eigenvalue weighted by Crippen LogP contribution is 2.21. The summed E-state index contributed by atoms with van der Waals surface area (Å²) in [6.07, 6.45) is 4.77. The smallest absolute Gasteiger partial charge is 0.272 e. The van der Waals surface area contributed by atoms with Gasteiger partial charge in [-0.15, -0.1) is 0 Å². The van der Waals surface area contributed by atoms with E-state index in [4.69, 9.17) is 5.84 Å². The van der Waals surface area contributed by atoms with Crippen molar-refractivity contribution in [3.05, 3.63) is 24.0 Å². The third kappa shape index (κ3) is 2.39. The first-order valence-electron chi connectivity index (χ1n) is 6.00. The molecule has 3 N–H and O–H groups in total. The largest absolute Gasteiger partial charge is 0.334 e. The van der Waals surface area contributed by atoms with Gasteiger partial charge in [-0.2, -0.15) is 0 Å². The van der Waals surface area contributed by atoms with Gasteiger partial charge >= 0.3 is 0 Å². The van der Waals surface area contributed by atoms with Crippen molar-refractivity contribution in [2.45, 2.75) is 32.2 Å². The van der Waals surface area contributed by atoms with E-state index in [1.54, 1.807) is 18.3 Å². The first-order chi connectivity index (χ1) is 8.26. The third-order valence-electron chi connectivity index (χ3n) is 3.26. The molecular formula is C12H18N4O. The van der Waals surface area contributed by atoms with E-state index in [9.17, 15) is 4.79 Å². The molecule has 2 heterocycles. The molecule has 0 saturated carbocycles. The van der Waals surface area contributed by atoms with Crippen molar-refractivity contribution in [2.24, 2.45) is 5.84 Å². The lowest BCUT2D eigenvalue weighted by molar-refractivity contribution is 0.0728. The molecule has 1 fully saturated rings. The summed E-state index contributed by atoms with van der Waals surface area (Å²) in [6.45, 7) is 2.96. The zero-order valence-corrected chi connectivity index (χ0v) is 10.0. The van der Waals surface area contributed by atoms with Gasteiger partial charge in [0.2, 0.25) is 0 Å². The number of carbonyl (C=O) groups excluding carboxylic acids is 1. The summed E-state index contributed by atoms with van der Waals surface area (Å²) >= 11 is 0. The maximum atomic E-state index is 12.2. The quantitative estimate of drug-likeness (QED) is 0.612. The number of rotatable bonds is 3. The molecule has 1 saturated heterocycles. The second-order valence-electron chi connectivity index (χ2n) is 4.28. The van der Waals surface area contributed by atoms with E-state index < -0.39 is 0 Å². The second kappa shape index (κ2) is 5.14. The Bertz CT molecular complexity index is 390. The van der Waals surface area contributed by atoms with E-state index in [-0.39, 0.29) is 5.91 Å². The monoisotopic (exact) mass is 234 g/mol. The lowest BCUT2D eigenvalue weighted by atomic mass is 10.1. The van der Waals surface area contributed by atoms with Crippen molar-refractivity contribution in [3.8, 4) is 0 Å². The van der Waals surface area contributed by atoms with Crippen molar-refractivity contribution in [3.63, 3.8) is 0 Å². The number of hydrogen-bond donors (Lipinski definition) is 2. The normalized spacial score (nSPS) is 19.4. The minimum atomic E-state index is 0.0259. The molecule has 5 nitrogen and oxygen atoms in total. The van der Waals surface area contributed by atoms with Crippen LogP contribution >= 0.6 is 0 Å². The predicted octanol–water partition coefficient (Wildman–Crippen LogP) is 1.38. The van der Waals surface area contributed by atoms with E-state index >= 15 is 0 Å². The Labute approximate surface area is 101 Å². The number of amides is 1. The minimum absolute atomic E-state index is 0.0259. The van der Waals surface area contributed by atoms with Gasteiger partial charge in [-0.05, 0) is 31.4 Å². The van der Waals surface area contributed by atoms with E-state index in [2.05, 4.69) is 17.3 Å². The molecule has 92 valence electrons. The Balaban J connectivity index is 2.13. The van der Waals surface area contributed by atoms with Gasteiger partial charge in [0.05, 0.1) is 11.9 Å². The molecule has 0 aliphatic carbocycles. The molecule has 1 unspecified atom stereocenters. The van der Waals surface area contributed by atoms with Crippen LogP contribution in [0.1, 0.15) is 36.7 Å². The highest BCUT2D eigenvalue weighted by atomic mass is 16.2. The summed E-state index contributed by atoms with van der Waals surface area (Å²) in [5.41, 5.74) is 3.69. The molecule has 17 heavy (non-hydrogen) atoms. The number of nitrogens with two attached hydrogens (primary N) is 1. The first kappa shape index (κ1) is 11.9. The Morgan fingerprint density at radius 3 is 3.06 bits per heavy atom. The molecule has 0 bridgehead atoms. The number of nitrogens with one attached hydrogen (secondary N) is 1. The Kier molecular flexibility index (Phi) is 3.58. The maximum Gasteiger partial charge on any atom is 0.272 e. The van der Waals surface area contributed by atoms with Crippen LogP contribution in [0.15, 0.2) is 18.3 Å². The fraction of sp³-hybridized carbons (Fsp3) is 0.500. The summed E-state index contributed by atoms with van der Waals surface area (Å²) in [5.74, 6) is 5.28. The van der Waals surface area contributed by atoms with E-state index in [1.807, 2.05) is 4.90 Å². The van der Waals surface area contributed by atoms with Gasteiger partial charge in [0, 0.05) is 12.6 Å². The molecule has 0 aromatic carbocycles. The second-order valence-corrected chi connectivity index (χ2v) is 4.28. The molecule has 1 atom stereocenters. The molecule has 1 amide bonds. The van der Waals surface area contributed by atoms with E-state index in [0.29, 0.717) is 17.4 Å². The van der Waals surface area contributed by atoms with Crippen molar-refractivity contribution in [2.75, 3.05) is 12.0 Å². The minimum Gasteiger partial charge on any atom is -0.334 e. The van der Waals surface area contributed by atoms with Crippen LogP contribution in [0.2, 0.25) is 0 Å². The molecule has 0 spiro atoms. The molecule has 1 aliphatic heterocycles. The highest BCUT2D eigenvalue weighted by molar-refractivity contribution is 5.92. The molecule has 0 radical (unpaired) electrons. The van der Waals surface area contributed by atoms with Gasteiger partial charge in [0.15, 0.2) is 0 Å². The van der Waals surface area contributed by atoms with E-state index in [0.717, 1.165) is 25.8 Å². The number of likely N-dealkylation sites (tertiary alicyclic amines) is 1. The summed E-state index contributed by atoms with van der Waals surface area (Å²) in [4.78, 5) is 18.3. The Morgan fingerprint density at radius 1 is 1.65 bits per heavy atom. The van der Waals surface area contributed by atoms with Crippen LogP contribution < -0.4 is 11.3 Å². The van der Waals surface area contributed by atoms with Crippen molar-refractivity contribution < 1.29 is 4.79 Å². The van der Waals surface area contributed by atoms with Crippen molar-refractivity contribution in [1.29, 1.82) is 0 Å². The van der Waals surface area contributed by atoms with Crippen molar-refractivity contribution in [1.82, 2.24) is 9.88 Å². The summed E-state index contributed by atoms with van der Waals surface area (Å²) < 4.78 is 0. The van der Waals surface area contributed by atoms with Crippen LogP contribution in [0.4, 0.5) is 5.69 Å². The number of pyridine rings is 1. The number of hydrogen-bond acceptors (Lipinski definition) is 4. The Hall–Kier alpha value is -1.62. The number of hydrazine groups is 1. The molecule has 2 rings (SSSR count). The van der Waals surface area contributed by atoms with Gasteiger partial charge in [0.1, 0.15) is 5.69 Å². The van der Waals surface area contributed by atoms with E-state index in [1.165, 1.54) is 0 Å². The van der Waals surface area contributed by atoms with Crippen LogP contribution in [0.3, 0.4) is 0 Å². The number of nitrogens with zero attached hydrogens (tertiary/aromatic N) is 2. The number of nitrogen functional groups attached to an aromatic ring is 1. The molecule has 5 heteroatoms. The lowest BCUT2D eigenvalue weighted by Gasteiger charge is -2.23. The van der Waals surface area contributed by atoms with Crippen LogP contribution in [0, 0.1) is 0 Å². The van der Waals surface area contributed by atoms with Gasteiger partial charge < -0.3 is 10.3 Å². The third-order valence-corrected chi connectivity index (χ3v) is 3.26. The lowest BCUT2D eigenvalue weighted by Crippen LogP contribution is -2.35. The SMILES string of the molecule is CCC1CCCN1C(=O)c1ccc(NN)cn1. The summed E-state index contributed by atoms with van der Waals surface area (Å²) in [5, 5.41) is 0. The van der Waals surface area contributed by atoms with Crippen LogP contribution in [0.5, 0.6) is 0 Å².